The summed E-state index contributed by atoms with van der Waals surface area (Å²) in [5.41, 5.74) is 7.02. The van der Waals surface area contributed by atoms with Crippen LogP contribution in [0.5, 0.6) is 5.75 Å². The van der Waals surface area contributed by atoms with E-state index in [1.807, 2.05) is 6.07 Å². The summed E-state index contributed by atoms with van der Waals surface area (Å²) < 4.78 is 4.99. The summed E-state index contributed by atoms with van der Waals surface area (Å²) in [6.07, 6.45) is 0.319. The topological polar surface area (TPSA) is 163 Å². The molecule has 3 rings (SSSR count). The van der Waals surface area contributed by atoms with Crippen LogP contribution in [0.3, 0.4) is 0 Å². The average molecular weight is 418 g/mol. The lowest BCUT2D eigenvalue weighted by Gasteiger charge is -2.07. The van der Waals surface area contributed by atoms with Crippen LogP contribution in [0.15, 0.2) is 48.5 Å². The maximum absolute atomic E-state index is 12.3. The van der Waals surface area contributed by atoms with Crippen molar-refractivity contribution in [3.63, 3.8) is 0 Å². The monoisotopic (exact) mass is 418 g/mol. The highest BCUT2D eigenvalue weighted by molar-refractivity contribution is 6.04. The summed E-state index contributed by atoms with van der Waals surface area (Å²) in [6.45, 7) is 1.31. The zero-order valence-corrected chi connectivity index (χ0v) is 16.4. The first-order valence-electron chi connectivity index (χ1n) is 9.08. The molecule has 3 amide bonds. The minimum absolute atomic E-state index is 0.0604. The van der Waals surface area contributed by atoms with E-state index in [9.17, 15) is 14.4 Å². The summed E-state index contributed by atoms with van der Waals surface area (Å²) in [7, 11) is 0. The Morgan fingerprint density at radius 3 is 2.35 bits per heavy atom. The number of rotatable bonds is 6. The highest BCUT2D eigenvalue weighted by atomic mass is 16.5. The summed E-state index contributed by atoms with van der Waals surface area (Å²) in [5.74, 6) is -0.343. The van der Waals surface area contributed by atoms with E-state index in [-0.39, 0.29) is 11.5 Å². The predicted molar refractivity (Wildman–Crippen MR) is 111 cm³/mol. The fraction of sp³-hybridized carbons (Fsp3) is 0.0952. The van der Waals surface area contributed by atoms with Gasteiger partial charge in [0.15, 0.2) is 5.69 Å². The number of aromatic amines is 1. The van der Waals surface area contributed by atoms with Crippen molar-refractivity contribution in [1.29, 1.82) is 5.26 Å². The van der Waals surface area contributed by atoms with Gasteiger partial charge in [-0.05, 0) is 42.0 Å². The van der Waals surface area contributed by atoms with Crippen LogP contribution in [0.2, 0.25) is 0 Å². The molecule has 3 aromatic rings. The number of primary amides is 1. The van der Waals surface area contributed by atoms with E-state index in [2.05, 4.69) is 20.6 Å². The molecule has 0 radical (unpaired) electrons. The maximum Gasteiger partial charge on any atom is 0.324 e. The number of nitrogens with two attached hydrogens (primary N) is 1. The van der Waals surface area contributed by atoms with E-state index in [1.165, 1.54) is 6.92 Å². The van der Waals surface area contributed by atoms with Crippen molar-refractivity contribution in [1.82, 2.24) is 9.97 Å². The van der Waals surface area contributed by atoms with Crippen LogP contribution in [0.1, 0.15) is 34.4 Å². The number of H-pyrrole nitrogens is 1. The summed E-state index contributed by atoms with van der Waals surface area (Å²) in [4.78, 5) is 42.0. The van der Waals surface area contributed by atoms with Crippen molar-refractivity contribution < 1.29 is 19.1 Å². The number of hydrogen-bond donors (Lipinski definition) is 4. The third-order valence-electron chi connectivity index (χ3n) is 4.05. The number of esters is 1. The fourth-order valence-corrected chi connectivity index (χ4v) is 2.71. The molecule has 1 aromatic heterocycles. The van der Waals surface area contributed by atoms with Gasteiger partial charge in [-0.2, -0.15) is 5.26 Å². The highest BCUT2D eigenvalue weighted by Crippen LogP contribution is 2.18. The van der Waals surface area contributed by atoms with E-state index in [1.54, 1.807) is 48.5 Å². The molecule has 10 heteroatoms. The Morgan fingerprint density at radius 1 is 1.10 bits per heavy atom. The highest BCUT2D eigenvalue weighted by Gasteiger charge is 2.17. The van der Waals surface area contributed by atoms with Gasteiger partial charge in [0, 0.05) is 19.0 Å². The average Bonchev–Trinajstić information content (AvgIpc) is 3.12. The molecule has 0 saturated carbocycles. The van der Waals surface area contributed by atoms with Crippen LogP contribution in [-0.4, -0.2) is 27.9 Å². The molecule has 0 unspecified atom stereocenters. The number of carbonyl (C=O) groups is 3. The van der Waals surface area contributed by atoms with Gasteiger partial charge in [-0.3, -0.25) is 14.9 Å². The molecule has 0 bridgehead atoms. The molecule has 31 heavy (non-hydrogen) atoms. The molecule has 0 aliphatic carbocycles. The largest absolute Gasteiger partial charge is 0.427 e. The smallest absolute Gasteiger partial charge is 0.324 e. The number of carbonyl (C=O) groups excluding carboxylic acids is 3. The third-order valence-corrected chi connectivity index (χ3v) is 4.05. The van der Waals surface area contributed by atoms with E-state index in [4.69, 9.17) is 15.7 Å². The Bertz CT molecular complexity index is 1160. The summed E-state index contributed by atoms with van der Waals surface area (Å²) in [6, 6.07) is 14.4. The van der Waals surface area contributed by atoms with Crippen LogP contribution in [-0.2, 0) is 11.2 Å². The van der Waals surface area contributed by atoms with E-state index < -0.39 is 17.9 Å². The van der Waals surface area contributed by atoms with E-state index in [0.717, 1.165) is 5.56 Å². The fourth-order valence-electron chi connectivity index (χ4n) is 2.71. The number of imidazole rings is 1. The van der Waals surface area contributed by atoms with Crippen molar-refractivity contribution in [2.24, 2.45) is 5.73 Å². The molecule has 0 aliphatic heterocycles. The number of anilines is 2. The normalized spacial score (nSPS) is 10.1. The van der Waals surface area contributed by atoms with Gasteiger partial charge >= 0.3 is 12.0 Å². The Labute approximate surface area is 177 Å². The van der Waals surface area contributed by atoms with Crippen LogP contribution in [0.25, 0.3) is 0 Å². The lowest BCUT2D eigenvalue weighted by molar-refractivity contribution is -0.131. The molecule has 0 spiro atoms. The minimum atomic E-state index is -0.804. The quantitative estimate of drug-likeness (QED) is 0.355. The zero-order chi connectivity index (χ0) is 22.4. The number of ether oxygens (including phenoxy) is 1. The number of nitriles is 1. The maximum atomic E-state index is 12.3. The molecule has 2 aromatic carbocycles. The molecule has 0 atom stereocenters. The van der Waals surface area contributed by atoms with Crippen LogP contribution in [0, 0.1) is 11.3 Å². The summed E-state index contributed by atoms with van der Waals surface area (Å²) >= 11 is 0. The second-order valence-electron chi connectivity index (χ2n) is 6.45. The lowest BCUT2D eigenvalue weighted by atomic mass is 10.1. The number of benzene rings is 2. The number of nitrogens with one attached hydrogen (secondary N) is 3. The Morgan fingerprint density at radius 2 is 1.77 bits per heavy atom. The third kappa shape index (κ3) is 5.68. The molecule has 156 valence electrons. The molecule has 0 aliphatic rings. The molecule has 0 fully saturated rings. The van der Waals surface area contributed by atoms with Gasteiger partial charge in [-0.25, -0.2) is 9.78 Å². The molecule has 1 heterocycles. The molecular weight excluding hydrogens is 400 g/mol. The van der Waals surface area contributed by atoms with Crippen molar-refractivity contribution >= 4 is 29.4 Å². The van der Waals surface area contributed by atoms with Crippen LogP contribution >= 0.6 is 0 Å². The molecule has 10 nitrogen and oxygen atoms in total. The van der Waals surface area contributed by atoms with Gasteiger partial charge in [0.1, 0.15) is 17.4 Å². The minimum Gasteiger partial charge on any atom is -0.427 e. The number of aromatic nitrogens is 2. The van der Waals surface area contributed by atoms with Crippen LogP contribution in [0.4, 0.5) is 16.3 Å². The van der Waals surface area contributed by atoms with Crippen molar-refractivity contribution in [2.45, 2.75) is 13.3 Å². The van der Waals surface area contributed by atoms with Gasteiger partial charge in [-0.1, -0.05) is 12.1 Å². The molecule has 0 saturated heterocycles. The van der Waals surface area contributed by atoms with Crippen molar-refractivity contribution in [3.05, 3.63) is 71.2 Å². The second kappa shape index (κ2) is 9.23. The van der Waals surface area contributed by atoms with Gasteiger partial charge in [0.05, 0.1) is 11.6 Å². The Hall–Kier alpha value is -4.65. The van der Waals surface area contributed by atoms with Gasteiger partial charge in [0.2, 0.25) is 0 Å². The van der Waals surface area contributed by atoms with E-state index >= 15 is 0 Å². The number of amides is 3. The van der Waals surface area contributed by atoms with Crippen molar-refractivity contribution in [2.75, 3.05) is 10.6 Å². The SMILES string of the molecule is CC(=O)Oc1ccc(Cc2nc(C(N)=O)c(NC(=O)Nc3ccc(C#N)cc3)[nH]2)cc1. The van der Waals surface area contributed by atoms with Gasteiger partial charge in [0.25, 0.3) is 5.91 Å². The zero-order valence-electron chi connectivity index (χ0n) is 16.4. The molecule has 5 N–H and O–H groups in total. The van der Waals surface area contributed by atoms with Gasteiger partial charge in [-0.15, -0.1) is 0 Å². The Balaban J connectivity index is 1.70. The number of nitrogens with zero attached hydrogens (tertiary/aromatic N) is 2. The number of hydrogen-bond acceptors (Lipinski definition) is 6. The van der Waals surface area contributed by atoms with Gasteiger partial charge < -0.3 is 20.8 Å². The lowest BCUT2D eigenvalue weighted by Crippen LogP contribution is -2.22. The predicted octanol–water partition coefficient (Wildman–Crippen LogP) is 2.54. The first-order chi connectivity index (χ1) is 14.8. The first-order valence-corrected chi connectivity index (χ1v) is 9.08. The molecular formula is C21H18N6O4. The summed E-state index contributed by atoms with van der Waals surface area (Å²) in [5, 5.41) is 13.9. The van der Waals surface area contributed by atoms with Crippen molar-refractivity contribution in [3.8, 4) is 11.8 Å². The van der Waals surface area contributed by atoms with E-state index in [0.29, 0.717) is 29.2 Å². The second-order valence-corrected chi connectivity index (χ2v) is 6.45. The standard InChI is InChI=1S/C21H18N6O4/c1-12(28)31-16-8-4-13(5-9-16)10-17-25-18(19(23)29)20(26-17)27-21(30)24-15-6-2-14(11-22)3-7-15/h2-9H,10H2,1H3,(H2,23,29)(H,25,26)(H2,24,27,30). The Kier molecular flexibility index (Phi) is 6.27. The van der Waals surface area contributed by atoms with Crippen LogP contribution < -0.4 is 21.1 Å². The first kappa shape index (κ1) is 21.1. The number of urea groups is 1.